The molecule has 4 fully saturated rings. The zero-order valence-corrected chi connectivity index (χ0v) is 23.9. The summed E-state index contributed by atoms with van der Waals surface area (Å²) in [5.41, 5.74) is 1.42. The van der Waals surface area contributed by atoms with E-state index >= 15 is 0 Å². The summed E-state index contributed by atoms with van der Waals surface area (Å²) in [4.78, 5) is 25.3. The van der Waals surface area contributed by atoms with Crippen molar-refractivity contribution >= 4 is 22.8 Å². The molecule has 5 nitrogen and oxygen atoms in total. The van der Waals surface area contributed by atoms with Crippen molar-refractivity contribution in [2.45, 2.75) is 114 Å². The largest absolute Gasteiger partial charge is 0.467 e. The summed E-state index contributed by atoms with van der Waals surface area (Å²) >= 11 is 0. The van der Waals surface area contributed by atoms with Gasteiger partial charge in [-0.25, -0.2) is 9.59 Å². The quantitative estimate of drug-likeness (QED) is 0.193. The van der Waals surface area contributed by atoms with Gasteiger partial charge in [-0.1, -0.05) is 87.4 Å². The number of methoxy groups -OCH3 is 1. The highest BCUT2D eigenvalue weighted by Gasteiger charge is 2.51. The van der Waals surface area contributed by atoms with Crippen LogP contribution in [0.1, 0.15) is 102 Å². The van der Waals surface area contributed by atoms with Crippen LogP contribution < -0.4 is 10.6 Å². The molecule has 0 spiro atoms. The third-order valence-corrected chi connectivity index (χ3v) is 9.78. The maximum absolute atomic E-state index is 12.9. The molecule has 212 valence electrons. The Kier molecular flexibility index (Phi) is 9.47. The summed E-state index contributed by atoms with van der Waals surface area (Å²) in [5, 5.41) is 9.03. The molecule has 4 aliphatic carbocycles. The van der Waals surface area contributed by atoms with Crippen molar-refractivity contribution in [2.24, 2.45) is 17.8 Å². The van der Waals surface area contributed by atoms with Crippen LogP contribution in [0.2, 0.25) is 0 Å². The minimum atomic E-state index is -0.557. The number of urea groups is 1. The number of hydrogen-bond acceptors (Lipinski definition) is 3. The van der Waals surface area contributed by atoms with Gasteiger partial charge in [0, 0.05) is 5.54 Å². The van der Waals surface area contributed by atoms with Crippen molar-refractivity contribution in [1.82, 2.24) is 10.6 Å². The number of rotatable bonds is 14. The Bertz CT molecular complexity index is 1070. The van der Waals surface area contributed by atoms with Gasteiger partial charge >= 0.3 is 12.0 Å². The van der Waals surface area contributed by atoms with E-state index in [1.165, 1.54) is 81.2 Å². The van der Waals surface area contributed by atoms with Gasteiger partial charge in [-0.3, -0.25) is 0 Å². The molecule has 0 aromatic heterocycles. The van der Waals surface area contributed by atoms with E-state index in [4.69, 9.17) is 4.74 Å². The standard InChI is InChI=1S/C34H48N2O3/c1-39-32(37)31(35-33(38)36-34-22-25-19-26(23-34)21-27(20-25)24-34)18-9-7-5-3-2-4-6-8-13-28-15-12-16-29-14-10-11-17-30(28)29/h10-12,14-17,25-27,31H,2-9,13,18-24H2,1H3,(H2,35,36,38). The molecule has 6 rings (SSSR count). The molecule has 2 amide bonds. The molecule has 1 unspecified atom stereocenters. The fourth-order valence-corrected chi connectivity index (χ4v) is 8.33. The number of unbranched alkanes of at least 4 members (excludes halogenated alkanes) is 7. The molecule has 2 aromatic rings. The number of aryl methyl sites for hydroxylation is 1. The van der Waals surface area contributed by atoms with E-state index in [1.54, 1.807) is 0 Å². The van der Waals surface area contributed by atoms with Crippen LogP contribution in [0.4, 0.5) is 4.79 Å². The van der Waals surface area contributed by atoms with Crippen LogP contribution in [0.5, 0.6) is 0 Å². The van der Waals surface area contributed by atoms with E-state index in [0.717, 1.165) is 56.3 Å². The number of nitrogens with one attached hydrogen (secondary N) is 2. The lowest BCUT2D eigenvalue weighted by Gasteiger charge is -2.56. The van der Waals surface area contributed by atoms with Gasteiger partial charge in [-0.2, -0.15) is 0 Å². The summed E-state index contributed by atoms with van der Waals surface area (Å²) < 4.78 is 5.01. The van der Waals surface area contributed by atoms with Gasteiger partial charge in [-0.05, 0) is 91.9 Å². The van der Waals surface area contributed by atoms with E-state index < -0.39 is 6.04 Å². The molecule has 0 radical (unpaired) electrons. The van der Waals surface area contributed by atoms with Crippen molar-refractivity contribution in [3.63, 3.8) is 0 Å². The van der Waals surface area contributed by atoms with E-state index in [-0.39, 0.29) is 17.5 Å². The Morgan fingerprint density at radius 3 is 2.08 bits per heavy atom. The fourth-order valence-electron chi connectivity index (χ4n) is 8.33. The van der Waals surface area contributed by atoms with Crippen molar-refractivity contribution in [3.8, 4) is 0 Å². The Labute approximate surface area is 234 Å². The lowest BCUT2D eigenvalue weighted by molar-refractivity contribution is -0.143. The molecule has 0 aliphatic heterocycles. The zero-order chi connectivity index (χ0) is 27.1. The van der Waals surface area contributed by atoms with Gasteiger partial charge in [0.2, 0.25) is 0 Å². The maximum atomic E-state index is 12.9. The summed E-state index contributed by atoms with van der Waals surface area (Å²) in [7, 11) is 1.41. The normalized spacial score (nSPS) is 25.9. The highest BCUT2D eigenvalue weighted by molar-refractivity contribution is 5.85. The number of benzene rings is 2. The third-order valence-electron chi connectivity index (χ3n) is 9.78. The van der Waals surface area contributed by atoms with Crippen molar-refractivity contribution in [3.05, 3.63) is 48.0 Å². The number of amides is 2. The predicted molar refractivity (Wildman–Crippen MR) is 158 cm³/mol. The number of ether oxygens (including phenoxy) is 1. The second-order valence-electron chi connectivity index (χ2n) is 12.9. The molecule has 0 saturated heterocycles. The minimum absolute atomic E-state index is 0.0472. The summed E-state index contributed by atoms with van der Waals surface area (Å²) in [6, 6.07) is 14.6. The van der Waals surface area contributed by atoms with Gasteiger partial charge in [-0.15, -0.1) is 0 Å². The van der Waals surface area contributed by atoms with Gasteiger partial charge < -0.3 is 15.4 Å². The number of fused-ring (bicyclic) bond motifs is 1. The lowest BCUT2D eigenvalue weighted by atomic mass is 9.53. The lowest BCUT2D eigenvalue weighted by Crippen LogP contribution is -2.62. The number of hydrogen-bond donors (Lipinski definition) is 2. The molecular weight excluding hydrogens is 484 g/mol. The first-order valence-electron chi connectivity index (χ1n) is 15.7. The molecule has 4 bridgehead atoms. The smallest absolute Gasteiger partial charge is 0.328 e. The summed E-state index contributed by atoms with van der Waals surface area (Å²) in [5.74, 6) is 1.99. The highest BCUT2D eigenvalue weighted by atomic mass is 16.5. The van der Waals surface area contributed by atoms with Crippen LogP contribution in [-0.2, 0) is 16.0 Å². The second kappa shape index (κ2) is 13.2. The topological polar surface area (TPSA) is 67.4 Å². The first-order chi connectivity index (χ1) is 19.0. The molecular formula is C34H48N2O3. The molecule has 2 N–H and O–H groups in total. The second-order valence-corrected chi connectivity index (χ2v) is 12.9. The van der Waals surface area contributed by atoms with Gasteiger partial charge in [0.1, 0.15) is 6.04 Å². The molecule has 4 aliphatic rings. The number of carbonyl (C=O) groups is 2. The Morgan fingerprint density at radius 1 is 0.821 bits per heavy atom. The van der Waals surface area contributed by atoms with Gasteiger partial charge in [0.15, 0.2) is 0 Å². The SMILES string of the molecule is COC(=O)C(CCCCCCCCCCc1cccc2ccccc12)NC(=O)NC12CC3CC(CC(C3)C1)C2. The highest BCUT2D eigenvalue weighted by Crippen LogP contribution is 2.55. The Balaban J connectivity index is 0.945. The number of carbonyl (C=O) groups excluding carboxylic acids is 2. The molecule has 0 heterocycles. The van der Waals surface area contributed by atoms with Crippen LogP contribution in [0.15, 0.2) is 42.5 Å². The van der Waals surface area contributed by atoms with Crippen LogP contribution in [0.3, 0.4) is 0 Å². The minimum Gasteiger partial charge on any atom is -0.467 e. The van der Waals surface area contributed by atoms with E-state index in [2.05, 4.69) is 53.1 Å². The maximum Gasteiger partial charge on any atom is 0.328 e. The van der Waals surface area contributed by atoms with E-state index in [9.17, 15) is 9.59 Å². The predicted octanol–water partition coefficient (Wildman–Crippen LogP) is 7.70. The average Bonchev–Trinajstić information content (AvgIpc) is 2.92. The summed E-state index contributed by atoms with van der Waals surface area (Å²) in [6.45, 7) is 0. The average molecular weight is 533 g/mol. The van der Waals surface area contributed by atoms with Gasteiger partial charge in [0.05, 0.1) is 7.11 Å². The Hall–Kier alpha value is -2.56. The van der Waals surface area contributed by atoms with Crippen LogP contribution in [0, 0.1) is 17.8 Å². The summed E-state index contributed by atoms with van der Waals surface area (Å²) in [6.07, 6.45) is 18.6. The fraction of sp³-hybridized carbons (Fsp3) is 0.647. The Morgan fingerprint density at radius 2 is 1.41 bits per heavy atom. The molecule has 1 atom stereocenters. The van der Waals surface area contributed by atoms with E-state index in [0.29, 0.717) is 6.42 Å². The van der Waals surface area contributed by atoms with Crippen LogP contribution in [0.25, 0.3) is 10.8 Å². The monoisotopic (exact) mass is 532 g/mol. The van der Waals surface area contributed by atoms with Gasteiger partial charge in [0.25, 0.3) is 0 Å². The first-order valence-corrected chi connectivity index (χ1v) is 15.7. The molecule has 2 aromatic carbocycles. The molecule has 4 saturated carbocycles. The van der Waals surface area contributed by atoms with Crippen LogP contribution in [-0.4, -0.2) is 30.7 Å². The number of esters is 1. The zero-order valence-electron chi connectivity index (χ0n) is 23.9. The van der Waals surface area contributed by atoms with E-state index in [1.807, 2.05) is 0 Å². The van der Waals surface area contributed by atoms with Crippen molar-refractivity contribution in [1.29, 1.82) is 0 Å². The van der Waals surface area contributed by atoms with Crippen molar-refractivity contribution < 1.29 is 14.3 Å². The molecule has 5 heteroatoms. The van der Waals surface area contributed by atoms with Crippen molar-refractivity contribution in [2.75, 3.05) is 7.11 Å². The van der Waals surface area contributed by atoms with Crippen LogP contribution >= 0.6 is 0 Å². The first kappa shape index (κ1) is 28.0. The molecule has 39 heavy (non-hydrogen) atoms. The third kappa shape index (κ3) is 7.35.